The minimum atomic E-state index is -0.368. The lowest BCUT2D eigenvalue weighted by atomic mass is 9.92. The average molecular weight is 248 g/mol. The normalized spacial score (nSPS) is 13.1. The van der Waals surface area contributed by atoms with Gasteiger partial charge in [0.15, 0.2) is 0 Å². The molecule has 0 aliphatic rings. The Bertz CT molecular complexity index is 395. The van der Waals surface area contributed by atoms with Gasteiger partial charge in [-0.25, -0.2) is 0 Å². The number of anilines is 1. The van der Waals surface area contributed by atoms with Crippen molar-refractivity contribution in [3.05, 3.63) is 29.8 Å². The molecule has 3 N–H and O–H groups in total. The summed E-state index contributed by atoms with van der Waals surface area (Å²) in [5.74, 6) is 0.168. The molecule has 0 heterocycles. The summed E-state index contributed by atoms with van der Waals surface area (Å²) in [6, 6.07) is 7.64. The molecule has 1 rings (SSSR count). The Morgan fingerprint density at radius 1 is 1.33 bits per heavy atom. The molecule has 0 aromatic heterocycles. The van der Waals surface area contributed by atoms with Gasteiger partial charge >= 0.3 is 0 Å². The van der Waals surface area contributed by atoms with Crippen molar-refractivity contribution in [3.63, 3.8) is 0 Å². The first-order valence-electron chi connectivity index (χ1n) is 6.55. The largest absolute Gasteiger partial charge is 0.399 e. The maximum Gasteiger partial charge on any atom is 0.223 e. The molecule has 0 radical (unpaired) electrons. The maximum atomic E-state index is 12.1. The Morgan fingerprint density at radius 2 is 1.89 bits per heavy atom. The number of hydrogen-bond donors (Lipinski definition) is 2. The van der Waals surface area contributed by atoms with Gasteiger partial charge < -0.3 is 11.1 Å². The molecule has 0 fully saturated rings. The van der Waals surface area contributed by atoms with E-state index >= 15 is 0 Å². The molecule has 0 aliphatic carbocycles. The van der Waals surface area contributed by atoms with Crippen LogP contribution in [-0.4, -0.2) is 5.91 Å². The second kappa shape index (κ2) is 5.89. The SMILES string of the molecule is CCCC(C)C(=O)NC(C)(C)c1ccc(N)cc1. The van der Waals surface area contributed by atoms with Gasteiger partial charge in [0, 0.05) is 11.6 Å². The van der Waals surface area contributed by atoms with Crippen molar-refractivity contribution in [2.75, 3.05) is 5.73 Å². The van der Waals surface area contributed by atoms with Crippen LogP contribution in [0.1, 0.15) is 46.1 Å². The van der Waals surface area contributed by atoms with Crippen LogP contribution in [-0.2, 0) is 10.3 Å². The van der Waals surface area contributed by atoms with Crippen molar-refractivity contribution in [2.45, 2.75) is 46.1 Å². The molecule has 3 heteroatoms. The minimum Gasteiger partial charge on any atom is -0.399 e. The van der Waals surface area contributed by atoms with Gasteiger partial charge in [0.2, 0.25) is 5.91 Å². The zero-order chi connectivity index (χ0) is 13.8. The van der Waals surface area contributed by atoms with E-state index in [0.29, 0.717) is 0 Å². The number of nitrogens with one attached hydrogen (secondary N) is 1. The standard InChI is InChI=1S/C15H24N2O/c1-5-6-11(2)14(18)17-15(3,4)12-7-9-13(16)10-8-12/h7-11H,5-6,16H2,1-4H3,(H,17,18). The molecule has 0 saturated carbocycles. The summed E-state index contributed by atoms with van der Waals surface area (Å²) in [7, 11) is 0. The fourth-order valence-electron chi connectivity index (χ4n) is 1.97. The fourth-order valence-corrected chi connectivity index (χ4v) is 1.97. The number of carbonyl (C=O) groups is 1. The molecule has 1 aromatic rings. The van der Waals surface area contributed by atoms with Gasteiger partial charge in [0.05, 0.1) is 5.54 Å². The molecule has 1 amide bonds. The summed E-state index contributed by atoms with van der Waals surface area (Å²) in [5.41, 5.74) is 7.10. The number of rotatable bonds is 5. The van der Waals surface area contributed by atoms with Crippen molar-refractivity contribution >= 4 is 11.6 Å². The first kappa shape index (κ1) is 14.6. The van der Waals surface area contributed by atoms with Crippen molar-refractivity contribution in [3.8, 4) is 0 Å². The van der Waals surface area contributed by atoms with Gasteiger partial charge in [-0.05, 0) is 38.0 Å². The van der Waals surface area contributed by atoms with Gasteiger partial charge in [0.25, 0.3) is 0 Å². The number of nitrogen functional groups attached to an aromatic ring is 1. The molecule has 0 bridgehead atoms. The van der Waals surface area contributed by atoms with E-state index < -0.39 is 0 Å². The molecule has 18 heavy (non-hydrogen) atoms. The Balaban J connectivity index is 2.75. The molecule has 0 spiro atoms. The van der Waals surface area contributed by atoms with Crippen LogP contribution in [0.15, 0.2) is 24.3 Å². The fraction of sp³-hybridized carbons (Fsp3) is 0.533. The average Bonchev–Trinajstić information content (AvgIpc) is 2.29. The summed E-state index contributed by atoms with van der Waals surface area (Å²) in [4.78, 5) is 12.1. The molecular formula is C15H24N2O. The van der Waals surface area contributed by atoms with Crippen LogP contribution < -0.4 is 11.1 Å². The predicted molar refractivity (Wildman–Crippen MR) is 76.1 cm³/mol. The van der Waals surface area contributed by atoms with Crippen molar-refractivity contribution in [1.29, 1.82) is 0 Å². The van der Waals surface area contributed by atoms with Gasteiger partial charge in [-0.1, -0.05) is 32.4 Å². The quantitative estimate of drug-likeness (QED) is 0.787. The minimum absolute atomic E-state index is 0.0584. The van der Waals surface area contributed by atoms with Gasteiger partial charge in [-0.2, -0.15) is 0 Å². The van der Waals surface area contributed by atoms with Crippen LogP contribution in [0.2, 0.25) is 0 Å². The first-order valence-corrected chi connectivity index (χ1v) is 6.55. The lowest BCUT2D eigenvalue weighted by molar-refractivity contribution is -0.126. The molecule has 100 valence electrons. The van der Waals surface area contributed by atoms with E-state index in [1.54, 1.807) is 0 Å². The van der Waals surface area contributed by atoms with Crippen LogP contribution in [0.3, 0.4) is 0 Å². The third kappa shape index (κ3) is 3.76. The van der Waals surface area contributed by atoms with Gasteiger partial charge in [-0.3, -0.25) is 4.79 Å². The van der Waals surface area contributed by atoms with Gasteiger partial charge in [-0.15, -0.1) is 0 Å². The Hall–Kier alpha value is -1.51. The van der Waals surface area contributed by atoms with E-state index in [1.165, 1.54) is 0 Å². The van der Waals surface area contributed by atoms with E-state index in [0.717, 1.165) is 24.1 Å². The maximum absolute atomic E-state index is 12.1. The topological polar surface area (TPSA) is 55.1 Å². The second-order valence-electron chi connectivity index (χ2n) is 5.43. The first-order chi connectivity index (χ1) is 8.36. The predicted octanol–water partition coefficient (Wildman–Crippen LogP) is 3.06. The molecule has 0 aliphatic heterocycles. The van der Waals surface area contributed by atoms with Crippen LogP contribution in [0.25, 0.3) is 0 Å². The van der Waals surface area contributed by atoms with E-state index in [1.807, 2.05) is 45.0 Å². The highest BCUT2D eigenvalue weighted by molar-refractivity contribution is 5.79. The molecule has 1 aromatic carbocycles. The summed E-state index contributed by atoms with van der Waals surface area (Å²) < 4.78 is 0. The highest BCUT2D eigenvalue weighted by Gasteiger charge is 2.24. The molecule has 0 saturated heterocycles. The third-order valence-corrected chi connectivity index (χ3v) is 3.24. The lowest BCUT2D eigenvalue weighted by Gasteiger charge is -2.28. The zero-order valence-electron chi connectivity index (χ0n) is 11.8. The molecule has 1 atom stereocenters. The highest BCUT2D eigenvalue weighted by Crippen LogP contribution is 2.22. The Kier molecular flexibility index (Phi) is 4.76. The molecule has 1 unspecified atom stereocenters. The van der Waals surface area contributed by atoms with E-state index in [-0.39, 0.29) is 17.4 Å². The number of carbonyl (C=O) groups excluding carboxylic acids is 1. The summed E-state index contributed by atoms with van der Waals surface area (Å²) >= 11 is 0. The van der Waals surface area contributed by atoms with Crippen LogP contribution in [0.4, 0.5) is 5.69 Å². The lowest BCUT2D eigenvalue weighted by Crippen LogP contribution is -2.43. The Labute approximate surface area is 110 Å². The second-order valence-corrected chi connectivity index (χ2v) is 5.43. The monoisotopic (exact) mass is 248 g/mol. The van der Waals surface area contributed by atoms with Crippen molar-refractivity contribution < 1.29 is 4.79 Å². The van der Waals surface area contributed by atoms with Gasteiger partial charge in [0.1, 0.15) is 0 Å². The van der Waals surface area contributed by atoms with Crippen LogP contribution in [0, 0.1) is 5.92 Å². The zero-order valence-corrected chi connectivity index (χ0v) is 11.8. The summed E-state index contributed by atoms with van der Waals surface area (Å²) in [6.07, 6.45) is 1.94. The van der Waals surface area contributed by atoms with Crippen molar-refractivity contribution in [2.24, 2.45) is 5.92 Å². The number of amides is 1. The molecule has 3 nitrogen and oxygen atoms in total. The third-order valence-electron chi connectivity index (χ3n) is 3.24. The Morgan fingerprint density at radius 3 is 2.39 bits per heavy atom. The number of benzene rings is 1. The van der Waals surface area contributed by atoms with Crippen LogP contribution >= 0.6 is 0 Å². The van der Waals surface area contributed by atoms with Crippen LogP contribution in [0.5, 0.6) is 0 Å². The summed E-state index contributed by atoms with van der Waals surface area (Å²) in [5, 5.41) is 3.10. The highest BCUT2D eigenvalue weighted by atomic mass is 16.2. The summed E-state index contributed by atoms with van der Waals surface area (Å²) in [6.45, 7) is 8.08. The number of hydrogen-bond acceptors (Lipinski definition) is 2. The molecular weight excluding hydrogens is 224 g/mol. The van der Waals surface area contributed by atoms with E-state index in [2.05, 4.69) is 12.2 Å². The van der Waals surface area contributed by atoms with E-state index in [4.69, 9.17) is 5.73 Å². The van der Waals surface area contributed by atoms with Crippen molar-refractivity contribution in [1.82, 2.24) is 5.32 Å². The smallest absolute Gasteiger partial charge is 0.223 e. The van der Waals surface area contributed by atoms with E-state index in [9.17, 15) is 4.79 Å². The number of nitrogens with two attached hydrogens (primary N) is 1.